The van der Waals surface area contributed by atoms with Gasteiger partial charge in [-0.3, -0.25) is 0 Å². The molecular weight excluding hydrogens is 1830 g/mol. The summed E-state index contributed by atoms with van der Waals surface area (Å²) in [6.45, 7) is 0. The van der Waals surface area contributed by atoms with Crippen LogP contribution in [0, 0.1) is 0 Å². The van der Waals surface area contributed by atoms with Gasteiger partial charge in [-0.25, -0.2) is 44.9 Å². The fourth-order valence-electron chi connectivity index (χ4n) is 22.1. The van der Waals surface area contributed by atoms with Crippen LogP contribution in [0.15, 0.2) is 514 Å². The molecule has 2 aliphatic rings. The van der Waals surface area contributed by atoms with Gasteiger partial charge in [0.25, 0.3) is 0 Å². The summed E-state index contributed by atoms with van der Waals surface area (Å²) in [4.78, 5) is 44.8. The van der Waals surface area contributed by atoms with Gasteiger partial charge in [0.15, 0.2) is 58.0 Å². The Morgan fingerprint density at radius 1 is 0.160 bits per heavy atom. The Bertz CT molecular complexity index is 9930. The van der Waals surface area contributed by atoms with Gasteiger partial charge in [-0.15, -0.1) is 0 Å². The third kappa shape index (κ3) is 15.8. The van der Waals surface area contributed by atoms with Crippen molar-refractivity contribution in [2.45, 2.75) is 12.8 Å². The van der Waals surface area contributed by atoms with Crippen molar-refractivity contribution >= 4 is 87.4 Å². The minimum absolute atomic E-state index is 0.610. The number of nitrogens with zero attached hydrogens (tertiary/aromatic N) is 12. The van der Waals surface area contributed by atoms with Crippen molar-refractivity contribution in [1.29, 1.82) is 0 Å². The number of hydrogen-bond donors (Lipinski definition) is 0. The second-order valence-corrected chi connectivity index (χ2v) is 38.1. The summed E-state index contributed by atoms with van der Waals surface area (Å²) in [5, 5.41) is 9.50. The molecular formula is C137H88N12O. The van der Waals surface area contributed by atoms with Gasteiger partial charge in [-0.05, 0) is 157 Å². The number of furan rings is 1. The molecule has 0 fully saturated rings. The van der Waals surface area contributed by atoms with Crippen LogP contribution in [0.4, 0.5) is 0 Å². The average Bonchev–Trinajstić information content (AvgIpc) is 1.56. The van der Waals surface area contributed by atoms with Crippen molar-refractivity contribution in [3.8, 4) is 175 Å². The second-order valence-electron chi connectivity index (χ2n) is 38.1. The summed E-state index contributed by atoms with van der Waals surface area (Å²) >= 11 is 0. The number of para-hydroxylation sites is 1. The predicted octanol–water partition coefficient (Wildman–Crippen LogP) is 34.0. The quantitative estimate of drug-likeness (QED) is 0.0973. The minimum Gasteiger partial charge on any atom is -0.454 e. The van der Waals surface area contributed by atoms with Crippen molar-refractivity contribution in [3.63, 3.8) is 0 Å². The Kier molecular flexibility index (Phi) is 21.7. The molecule has 0 radical (unpaired) electrons. The second kappa shape index (κ2) is 37.2. The standard InChI is InChI=1S/2C46H30N4.C45H28N4O/c1-4-13-30(14-5-1)33-23-24-39-40-26-25-38-37-22-11-10-19-34(37)28-41(38)43(40)50(42(39)29-33)36-21-12-20-35(27-36)46-48-44(31-15-6-2-7-16-31)47-45(49-46)32-17-8-3-9-18-32;1-4-12-30(13-5-1)34-22-25-39-40-27-26-38-37-19-11-10-18-35(37)28-41(38)43(40)50(42(39)29-34)36-23-20-33(21-24-36)46-48-44(31-14-6-2-7-15-31)47-45(49-46)32-16-8-3-9-17-32;1-4-13-29(14-5-1)32-23-24-35-37-25-26-38-36-21-10-11-22-40(36)50-42(38)41(37)49(39(35)28-32)34-20-12-19-33(27-34)45-47-43(30-15-6-2-7-16-30)46-44(48-45)31-17-8-3-9-18-31/h2*1-27,29H,28H2;1-28H. The first-order chi connectivity index (χ1) is 74.3. The predicted molar refractivity (Wildman–Crippen MR) is 611 cm³/mol. The zero-order chi connectivity index (χ0) is 99.1. The largest absolute Gasteiger partial charge is 0.454 e. The van der Waals surface area contributed by atoms with E-state index in [-0.39, 0.29) is 0 Å². The van der Waals surface area contributed by atoms with Crippen molar-refractivity contribution in [2.24, 2.45) is 0 Å². The summed E-state index contributed by atoms with van der Waals surface area (Å²) < 4.78 is 13.9. The van der Waals surface area contributed by atoms with Crippen molar-refractivity contribution in [2.75, 3.05) is 0 Å². The van der Waals surface area contributed by atoms with Gasteiger partial charge < -0.3 is 18.1 Å². The first-order valence-electron chi connectivity index (χ1n) is 50.7. The lowest BCUT2D eigenvalue weighted by atomic mass is 10.0. The third-order valence-electron chi connectivity index (χ3n) is 29.2. The van der Waals surface area contributed by atoms with Gasteiger partial charge in [0.2, 0.25) is 0 Å². The van der Waals surface area contributed by atoms with Gasteiger partial charge in [0.05, 0.1) is 33.1 Å². The molecule has 702 valence electrons. The van der Waals surface area contributed by atoms with Gasteiger partial charge in [0.1, 0.15) is 5.58 Å². The molecule has 0 saturated heterocycles. The normalized spacial score (nSPS) is 11.8. The molecule has 150 heavy (non-hydrogen) atoms. The summed E-state index contributed by atoms with van der Waals surface area (Å²) in [6.07, 6.45) is 1.82. The summed E-state index contributed by atoms with van der Waals surface area (Å²) in [6, 6.07) is 178. The molecule has 0 aliphatic heterocycles. The first kappa shape index (κ1) is 87.6. The minimum atomic E-state index is 0.610. The Balaban J connectivity index is 0.000000108. The van der Waals surface area contributed by atoms with Gasteiger partial charge >= 0.3 is 0 Å². The summed E-state index contributed by atoms with van der Waals surface area (Å²) in [5.41, 5.74) is 38.3. The Labute approximate surface area is 864 Å². The van der Waals surface area contributed by atoms with E-state index in [1.807, 2.05) is 194 Å². The van der Waals surface area contributed by atoms with Crippen LogP contribution in [0.1, 0.15) is 22.3 Å². The molecule has 7 heterocycles. The van der Waals surface area contributed by atoms with Gasteiger partial charge in [-0.2, -0.15) is 0 Å². The number of benzene rings is 21. The molecule has 30 rings (SSSR count). The highest BCUT2D eigenvalue weighted by atomic mass is 16.3. The molecule has 0 spiro atoms. The van der Waals surface area contributed by atoms with E-state index < -0.39 is 0 Å². The molecule has 7 aromatic heterocycles. The molecule has 13 heteroatoms. The molecule has 2 aliphatic carbocycles. The van der Waals surface area contributed by atoms with Gasteiger partial charge in [-0.1, -0.05) is 431 Å². The van der Waals surface area contributed by atoms with Crippen LogP contribution in [0.5, 0.6) is 0 Å². The molecule has 0 saturated carbocycles. The lowest BCUT2D eigenvalue weighted by Crippen LogP contribution is -2.01. The van der Waals surface area contributed by atoms with Crippen LogP contribution in [-0.2, 0) is 12.8 Å². The number of rotatable bonds is 15. The zero-order valence-electron chi connectivity index (χ0n) is 81.2. The molecule has 0 bridgehead atoms. The van der Waals surface area contributed by atoms with Crippen LogP contribution < -0.4 is 0 Å². The van der Waals surface area contributed by atoms with Crippen LogP contribution in [-0.4, -0.2) is 58.6 Å². The Morgan fingerprint density at radius 3 is 0.780 bits per heavy atom. The smallest absolute Gasteiger partial charge is 0.164 e. The van der Waals surface area contributed by atoms with Crippen LogP contribution in [0.2, 0.25) is 0 Å². The van der Waals surface area contributed by atoms with E-state index in [9.17, 15) is 0 Å². The highest BCUT2D eigenvalue weighted by Crippen LogP contribution is 2.50. The molecule has 21 aromatic carbocycles. The lowest BCUT2D eigenvalue weighted by Gasteiger charge is -2.13. The molecule has 13 nitrogen and oxygen atoms in total. The molecule has 0 atom stereocenters. The van der Waals surface area contributed by atoms with Crippen LogP contribution >= 0.6 is 0 Å². The van der Waals surface area contributed by atoms with Crippen molar-refractivity contribution in [1.82, 2.24) is 58.6 Å². The highest BCUT2D eigenvalue weighted by molar-refractivity contribution is 6.22. The monoisotopic (exact) mass is 1920 g/mol. The molecule has 0 amide bonds. The van der Waals surface area contributed by atoms with E-state index in [4.69, 9.17) is 49.3 Å². The molecule has 0 unspecified atom stereocenters. The van der Waals surface area contributed by atoms with E-state index in [0.29, 0.717) is 52.4 Å². The molecule has 28 aromatic rings. The lowest BCUT2D eigenvalue weighted by molar-refractivity contribution is 0.671. The van der Waals surface area contributed by atoms with E-state index in [1.165, 1.54) is 116 Å². The van der Waals surface area contributed by atoms with E-state index in [2.05, 4.69) is 329 Å². The van der Waals surface area contributed by atoms with Crippen LogP contribution in [0.3, 0.4) is 0 Å². The van der Waals surface area contributed by atoms with Crippen molar-refractivity contribution in [3.05, 3.63) is 532 Å². The van der Waals surface area contributed by atoms with E-state index >= 15 is 0 Å². The topological polar surface area (TPSA) is 144 Å². The third-order valence-corrected chi connectivity index (χ3v) is 29.2. The zero-order valence-corrected chi connectivity index (χ0v) is 81.2. The number of fused-ring (bicyclic) bond motifs is 21. The number of hydrogen-bond acceptors (Lipinski definition) is 10. The maximum absolute atomic E-state index is 6.66. The van der Waals surface area contributed by atoms with Crippen molar-refractivity contribution < 1.29 is 4.42 Å². The maximum Gasteiger partial charge on any atom is 0.164 e. The highest BCUT2D eigenvalue weighted by Gasteiger charge is 2.30. The first-order valence-corrected chi connectivity index (χ1v) is 50.7. The van der Waals surface area contributed by atoms with E-state index in [1.54, 1.807) is 0 Å². The maximum atomic E-state index is 6.66. The molecule has 0 N–H and O–H groups in total. The average molecular weight is 1920 g/mol. The van der Waals surface area contributed by atoms with Gasteiger partial charge in [0, 0.05) is 123 Å². The van der Waals surface area contributed by atoms with Crippen LogP contribution in [0.25, 0.3) is 263 Å². The summed E-state index contributed by atoms with van der Waals surface area (Å²) in [5.74, 6) is 5.78. The summed E-state index contributed by atoms with van der Waals surface area (Å²) in [7, 11) is 0. The van der Waals surface area contributed by atoms with E-state index in [0.717, 1.165) is 129 Å². The fourth-order valence-corrected chi connectivity index (χ4v) is 22.1. The SMILES string of the molecule is c1ccc(-c2ccc3c4ccc5c(c4n(-c4ccc(-c6nc(-c7ccccc7)nc(-c7ccccc7)n6)cc4)c3c2)Cc2ccccc2-5)cc1.c1ccc(-c2ccc3c4ccc5c(c4n(-c4cccc(-c6nc(-c7ccccc7)nc(-c7ccccc7)n6)c4)c3c2)Cc2ccccc2-5)cc1.c1ccc(-c2ccc3c4ccc5c6ccccc6oc5c4n(-c4cccc(-c5nc(-c6ccccc6)nc(-c6ccccc6)n5)c4)c3c2)cc1. The Hall–Kier alpha value is -20.2. The number of aromatic nitrogens is 12. The Morgan fingerprint density at radius 2 is 0.420 bits per heavy atom. The fraction of sp³-hybridized carbons (Fsp3) is 0.0146.